The van der Waals surface area contributed by atoms with Gasteiger partial charge in [-0.1, -0.05) is 0 Å². The Labute approximate surface area is 150 Å². The van der Waals surface area contributed by atoms with Crippen molar-refractivity contribution in [3.05, 3.63) is 18.0 Å². The van der Waals surface area contributed by atoms with Crippen LogP contribution in [-0.4, -0.2) is 84.5 Å². The first-order valence-electron chi connectivity index (χ1n) is 9.58. The molecule has 140 valence electrons. The number of rotatable bonds is 7. The van der Waals surface area contributed by atoms with E-state index < -0.39 is 0 Å². The molecule has 7 nitrogen and oxygen atoms in total. The topological polar surface area (TPSA) is 62.6 Å². The first-order valence-corrected chi connectivity index (χ1v) is 9.58. The van der Waals surface area contributed by atoms with E-state index in [2.05, 4.69) is 21.4 Å². The van der Waals surface area contributed by atoms with E-state index in [0.29, 0.717) is 12.5 Å². The van der Waals surface area contributed by atoms with Crippen molar-refractivity contribution in [2.24, 2.45) is 0 Å². The van der Waals surface area contributed by atoms with Crippen LogP contribution in [0.3, 0.4) is 0 Å². The molecule has 2 aliphatic heterocycles. The van der Waals surface area contributed by atoms with Crippen LogP contribution in [-0.2, 0) is 16.1 Å². The number of hydrogen-bond acceptors (Lipinski definition) is 5. The Kier molecular flexibility index (Phi) is 6.84. The number of carbonyl (C=O) groups excluding carboxylic acids is 1. The second-order valence-electron chi connectivity index (χ2n) is 6.88. The minimum Gasteiger partial charge on any atom is -0.380 e. The zero-order chi connectivity index (χ0) is 17.5. The van der Waals surface area contributed by atoms with Crippen LogP contribution in [0.5, 0.6) is 0 Å². The van der Waals surface area contributed by atoms with Crippen molar-refractivity contribution < 1.29 is 9.53 Å². The Hall–Kier alpha value is -1.44. The summed E-state index contributed by atoms with van der Waals surface area (Å²) in [6, 6.07) is 2.07. The van der Waals surface area contributed by atoms with Crippen molar-refractivity contribution in [3.63, 3.8) is 0 Å². The van der Waals surface area contributed by atoms with Crippen LogP contribution in [0.25, 0.3) is 0 Å². The van der Waals surface area contributed by atoms with Crippen LogP contribution in [0, 0.1) is 0 Å². The van der Waals surface area contributed by atoms with Crippen LogP contribution in [0.4, 0.5) is 0 Å². The molecule has 0 aromatic carbocycles. The molecule has 7 heteroatoms. The lowest BCUT2D eigenvalue weighted by molar-refractivity contribution is -0.133. The number of ether oxygens (including phenoxy) is 1. The van der Waals surface area contributed by atoms with Gasteiger partial charge >= 0.3 is 0 Å². The summed E-state index contributed by atoms with van der Waals surface area (Å²) >= 11 is 0. The normalized spacial score (nSPS) is 22.3. The highest BCUT2D eigenvalue weighted by Crippen LogP contribution is 2.22. The molecule has 3 rings (SSSR count). The number of nitrogens with one attached hydrogen (secondary N) is 1. The molecular formula is C18H31N5O2. The number of carbonyl (C=O) groups is 1. The lowest BCUT2D eigenvalue weighted by atomic mass is 9.96. The van der Waals surface area contributed by atoms with Crippen molar-refractivity contribution in [2.75, 3.05) is 59.0 Å². The van der Waals surface area contributed by atoms with Gasteiger partial charge in [0.2, 0.25) is 5.91 Å². The van der Waals surface area contributed by atoms with E-state index in [-0.39, 0.29) is 5.91 Å². The van der Waals surface area contributed by atoms with E-state index in [1.165, 1.54) is 18.5 Å². The minimum atomic E-state index is 0.179. The smallest absolute Gasteiger partial charge is 0.244 e. The molecule has 0 spiro atoms. The molecule has 1 amide bonds. The summed E-state index contributed by atoms with van der Waals surface area (Å²) in [7, 11) is 0. The Balaban J connectivity index is 1.48. The molecule has 0 saturated carbocycles. The van der Waals surface area contributed by atoms with Crippen molar-refractivity contribution in [1.29, 1.82) is 0 Å². The summed E-state index contributed by atoms with van der Waals surface area (Å²) in [6.07, 6.45) is 4.18. The van der Waals surface area contributed by atoms with Gasteiger partial charge in [-0.3, -0.25) is 14.4 Å². The summed E-state index contributed by atoms with van der Waals surface area (Å²) in [4.78, 5) is 17.0. The van der Waals surface area contributed by atoms with Crippen LogP contribution in [0.1, 0.15) is 31.4 Å². The largest absolute Gasteiger partial charge is 0.380 e. The van der Waals surface area contributed by atoms with Crippen molar-refractivity contribution >= 4 is 5.91 Å². The predicted molar refractivity (Wildman–Crippen MR) is 96.6 cm³/mol. The van der Waals surface area contributed by atoms with Gasteiger partial charge in [-0.25, -0.2) is 0 Å². The highest BCUT2D eigenvalue weighted by atomic mass is 16.5. The second kappa shape index (κ2) is 9.31. The van der Waals surface area contributed by atoms with Crippen LogP contribution in [0.2, 0.25) is 0 Å². The van der Waals surface area contributed by atoms with E-state index in [1.807, 2.05) is 22.7 Å². The van der Waals surface area contributed by atoms with Gasteiger partial charge in [0.05, 0.1) is 6.61 Å². The number of amides is 1. The summed E-state index contributed by atoms with van der Waals surface area (Å²) in [5, 5.41) is 7.85. The van der Waals surface area contributed by atoms with Crippen LogP contribution < -0.4 is 5.32 Å². The van der Waals surface area contributed by atoms with E-state index in [0.717, 1.165) is 59.0 Å². The zero-order valence-electron chi connectivity index (χ0n) is 15.3. The minimum absolute atomic E-state index is 0.179. The summed E-state index contributed by atoms with van der Waals surface area (Å²) in [5.74, 6) is 0.651. The van der Waals surface area contributed by atoms with Crippen molar-refractivity contribution in [3.8, 4) is 0 Å². The molecule has 0 aliphatic carbocycles. The average Bonchev–Trinajstić information content (AvgIpc) is 3.11. The lowest BCUT2D eigenvalue weighted by Crippen LogP contribution is -2.50. The van der Waals surface area contributed by atoms with Gasteiger partial charge in [0.25, 0.3) is 0 Å². The Bertz CT molecular complexity index is 533. The fourth-order valence-electron chi connectivity index (χ4n) is 3.71. The van der Waals surface area contributed by atoms with Crippen molar-refractivity contribution in [2.45, 2.75) is 32.2 Å². The Morgan fingerprint density at radius 3 is 2.92 bits per heavy atom. The third kappa shape index (κ3) is 5.03. The maximum atomic E-state index is 12.7. The fraction of sp³-hybridized carbons (Fsp3) is 0.778. The van der Waals surface area contributed by atoms with E-state index in [9.17, 15) is 4.79 Å². The maximum absolute atomic E-state index is 12.7. The van der Waals surface area contributed by atoms with Crippen molar-refractivity contribution in [1.82, 2.24) is 24.9 Å². The number of nitrogens with zero attached hydrogens (tertiary/aromatic N) is 4. The molecule has 1 aromatic heterocycles. The molecule has 2 aliphatic rings. The molecule has 1 aromatic rings. The molecule has 0 bridgehead atoms. The molecule has 25 heavy (non-hydrogen) atoms. The quantitative estimate of drug-likeness (QED) is 0.728. The molecule has 2 saturated heterocycles. The van der Waals surface area contributed by atoms with E-state index in [1.54, 1.807) is 0 Å². The predicted octanol–water partition coefficient (Wildman–Crippen LogP) is 0.531. The number of aromatic nitrogens is 2. The summed E-state index contributed by atoms with van der Waals surface area (Å²) in [5.41, 5.74) is 1.19. The Morgan fingerprint density at radius 2 is 2.20 bits per heavy atom. The highest BCUT2D eigenvalue weighted by Gasteiger charge is 2.24. The zero-order valence-corrected chi connectivity index (χ0v) is 15.3. The third-order valence-electron chi connectivity index (χ3n) is 5.23. The van der Waals surface area contributed by atoms with Gasteiger partial charge in [0, 0.05) is 63.7 Å². The molecule has 0 radical (unpaired) electrons. The number of hydrogen-bond donors (Lipinski definition) is 1. The average molecular weight is 349 g/mol. The molecule has 1 unspecified atom stereocenters. The molecular weight excluding hydrogens is 318 g/mol. The lowest BCUT2D eigenvalue weighted by Gasteiger charge is -2.34. The second-order valence-corrected chi connectivity index (χ2v) is 6.88. The van der Waals surface area contributed by atoms with E-state index in [4.69, 9.17) is 4.74 Å². The van der Waals surface area contributed by atoms with Gasteiger partial charge in [-0.15, -0.1) is 0 Å². The molecule has 3 heterocycles. The first-order chi connectivity index (χ1) is 12.3. The summed E-state index contributed by atoms with van der Waals surface area (Å²) in [6.45, 7) is 10.4. The maximum Gasteiger partial charge on any atom is 0.244 e. The molecule has 2 fully saturated rings. The van der Waals surface area contributed by atoms with Gasteiger partial charge in [-0.2, -0.15) is 5.10 Å². The highest BCUT2D eigenvalue weighted by molar-refractivity contribution is 5.76. The standard InChI is InChI=1S/C18H31N5O2/c1-2-25-13-12-21-8-10-22(11-9-21)18(24)15-23-17(5-7-20-23)16-4-3-6-19-14-16/h5,7,16,19H,2-4,6,8-15H2,1H3. The Morgan fingerprint density at radius 1 is 1.36 bits per heavy atom. The molecule has 1 atom stereocenters. The van der Waals surface area contributed by atoms with Gasteiger partial charge in [0.1, 0.15) is 6.54 Å². The third-order valence-corrected chi connectivity index (χ3v) is 5.23. The van der Waals surface area contributed by atoms with Crippen LogP contribution in [0.15, 0.2) is 12.3 Å². The van der Waals surface area contributed by atoms with Gasteiger partial charge < -0.3 is 15.0 Å². The SMILES string of the molecule is CCOCCN1CCN(C(=O)Cn2nccc2C2CCCNC2)CC1. The monoisotopic (exact) mass is 349 g/mol. The van der Waals surface area contributed by atoms with Crippen LogP contribution >= 0.6 is 0 Å². The molecule has 1 N–H and O–H groups in total. The number of piperidine rings is 1. The van der Waals surface area contributed by atoms with Gasteiger partial charge in [-0.05, 0) is 32.4 Å². The summed E-state index contributed by atoms with van der Waals surface area (Å²) < 4.78 is 7.32. The number of piperazine rings is 1. The first kappa shape index (κ1) is 18.4. The van der Waals surface area contributed by atoms with E-state index >= 15 is 0 Å². The van der Waals surface area contributed by atoms with Gasteiger partial charge in [0.15, 0.2) is 0 Å². The fourth-order valence-corrected chi connectivity index (χ4v) is 3.71.